The summed E-state index contributed by atoms with van der Waals surface area (Å²) in [6, 6.07) is 0. The number of aliphatic carboxylic acids is 1. The molecule has 2 atom stereocenters. The summed E-state index contributed by atoms with van der Waals surface area (Å²) < 4.78 is 5.57. The average molecular weight is 358 g/mol. The topological polar surface area (TPSA) is 87.0 Å². The van der Waals surface area contributed by atoms with E-state index in [1.807, 2.05) is 0 Å². The lowest BCUT2D eigenvalue weighted by atomic mass is 9.88. The zero-order valence-corrected chi connectivity index (χ0v) is 11.4. The van der Waals surface area contributed by atoms with Crippen LogP contribution in [0.1, 0.15) is 6.42 Å². The number of hydrogen-bond donors (Lipinski definition) is 3. The molecule has 1 aliphatic rings. The van der Waals surface area contributed by atoms with Gasteiger partial charge in [-0.15, -0.1) is 0 Å². The van der Waals surface area contributed by atoms with E-state index in [2.05, 4.69) is 31.9 Å². The number of aliphatic hydroxyl groups is 2. The van der Waals surface area contributed by atoms with E-state index in [1.165, 1.54) is 13.2 Å². The molecule has 5 nitrogen and oxygen atoms in total. The average Bonchev–Trinajstić information content (AvgIpc) is 2.14. The molecule has 0 aliphatic heterocycles. The molecule has 1 aliphatic carbocycles. The van der Waals surface area contributed by atoms with Gasteiger partial charge in [0.25, 0.3) is 0 Å². The van der Waals surface area contributed by atoms with Crippen LogP contribution in [0.3, 0.4) is 0 Å². The van der Waals surface area contributed by atoms with Crippen LogP contribution in [0.2, 0.25) is 0 Å². The summed E-state index contributed by atoms with van der Waals surface area (Å²) in [6.07, 6.45) is -0.759. The second-order valence-electron chi connectivity index (χ2n) is 3.34. The first-order chi connectivity index (χ1) is 7.31. The van der Waals surface area contributed by atoms with E-state index >= 15 is 0 Å². The number of halogens is 2. The Hall–Kier alpha value is -0.370. The van der Waals surface area contributed by atoms with Crippen molar-refractivity contribution in [2.45, 2.75) is 18.1 Å². The van der Waals surface area contributed by atoms with Crippen LogP contribution in [0, 0.1) is 0 Å². The van der Waals surface area contributed by atoms with E-state index in [-0.39, 0.29) is 4.48 Å². The van der Waals surface area contributed by atoms with Gasteiger partial charge in [-0.25, -0.2) is 0 Å². The normalized spacial score (nSPS) is 30.1. The lowest BCUT2D eigenvalue weighted by Crippen LogP contribution is -2.45. The van der Waals surface area contributed by atoms with Gasteiger partial charge in [-0.2, -0.15) is 0 Å². The Morgan fingerprint density at radius 1 is 1.62 bits per heavy atom. The van der Waals surface area contributed by atoms with Crippen molar-refractivity contribution in [2.24, 2.45) is 0 Å². The molecule has 0 radical (unpaired) electrons. The van der Waals surface area contributed by atoms with Gasteiger partial charge in [0, 0.05) is 0 Å². The Balaban J connectivity index is 3.13. The molecular formula is C9H10Br2O5. The fourth-order valence-corrected chi connectivity index (χ4v) is 3.22. The number of methoxy groups -OCH3 is 1. The van der Waals surface area contributed by atoms with Gasteiger partial charge < -0.3 is 20.1 Å². The minimum Gasteiger partial charge on any atom is -0.495 e. The van der Waals surface area contributed by atoms with E-state index in [1.54, 1.807) is 0 Å². The van der Waals surface area contributed by atoms with Gasteiger partial charge in [0.15, 0.2) is 0 Å². The van der Waals surface area contributed by atoms with Crippen LogP contribution in [-0.2, 0) is 9.53 Å². The third-order valence-corrected chi connectivity index (χ3v) is 3.55. The summed E-state index contributed by atoms with van der Waals surface area (Å²) in [7, 11) is 1.40. The number of carboxylic acids is 1. The lowest BCUT2D eigenvalue weighted by molar-refractivity contribution is -0.143. The Morgan fingerprint density at radius 3 is 2.62 bits per heavy atom. The zero-order chi connectivity index (χ0) is 12.5. The number of hydrogen-bond acceptors (Lipinski definition) is 4. The second-order valence-corrected chi connectivity index (χ2v) is 5.05. The summed E-state index contributed by atoms with van der Waals surface area (Å²) in [5.74, 6) is -0.887. The first-order valence-electron chi connectivity index (χ1n) is 4.26. The molecule has 0 fully saturated rings. The standard InChI is InChI=1S/C9H10Br2O5/c1-16-7-4(10)2-9(15,3-5(12)13)8(14)6(7)11/h2,8,14-15H,3H2,1H3,(H,12,13). The zero-order valence-electron chi connectivity index (χ0n) is 8.28. The van der Waals surface area contributed by atoms with Crippen molar-refractivity contribution in [3.05, 3.63) is 20.8 Å². The first-order valence-corrected chi connectivity index (χ1v) is 5.85. The van der Waals surface area contributed by atoms with Gasteiger partial charge >= 0.3 is 5.97 Å². The third-order valence-electron chi connectivity index (χ3n) is 2.16. The maximum absolute atomic E-state index is 10.6. The van der Waals surface area contributed by atoms with Crippen molar-refractivity contribution in [1.82, 2.24) is 0 Å². The number of carboxylic acid groups (broad SMARTS) is 1. The fraction of sp³-hybridized carbons (Fsp3) is 0.444. The largest absolute Gasteiger partial charge is 0.495 e. The SMILES string of the molecule is COC1=C(Br)C(O)C(O)(CC(=O)O)C=C1Br. The van der Waals surface area contributed by atoms with Crippen molar-refractivity contribution in [3.63, 3.8) is 0 Å². The molecule has 0 aromatic rings. The summed E-state index contributed by atoms with van der Waals surface area (Å²) >= 11 is 6.20. The smallest absolute Gasteiger partial charge is 0.306 e. The van der Waals surface area contributed by atoms with Crippen molar-refractivity contribution in [3.8, 4) is 0 Å². The molecule has 7 heteroatoms. The summed E-state index contributed by atoms with van der Waals surface area (Å²) in [4.78, 5) is 10.6. The lowest BCUT2D eigenvalue weighted by Gasteiger charge is -2.33. The fourth-order valence-electron chi connectivity index (χ4n) is 1.41. The molecule has 90 valence electrons. The van der Waals surface area contributed by atoms with E-state index in [0.717, 1.165) is 0 Å². The molecule has 0 spiro atoms. The first kappa shape index (κ1) is 13.7. The van der Waals surface area contributed by atoms with Crippen LogP contribution in [0.5, 0.6) is 0 Å². The highest BCUT2D eigenvalue weighted by Crippen LogP contribution is 2.39. The van der Waals surface area contributed by atoms with Crippen LogP contribution in [0.25, 0.3) is 0 Å². The number of ether oxygens (including phenoxy) is 1. The molecule has 0 amide bonds. The molecule has 0 saturated carbocycles. The molecule has 0 heterocycles. The highest BCUT2D eigenvalue weighted by atomic mass is 79.9. The molecule has 0 aromatic carbocycles. The van der Waals surface area contributed by atoms with Gasteiger partial charge in [0.05, 0.1) is 22.5 Å². The maximum atomic E-state index is 10.6. The monoisotopic (exact) mass is 356 g/mol. The predicted octanol–water partition coefficient (Wildman–Crippen LogP) is 1.10. The predicted molar refractivity (Wildman–Crippen MR) is 63.2 cm³/mol. The van der Waals surface area contributed by atoms with Gasteiger partial charge in [-0.1, -0.05) is 0 Å². The van der Waals surface area contributed by atoms with Crippen molar-refractivity contribution in [1.29, 1.82) is 0 Å². The Kier molecular flexibility index (Phi) is 4.17. The summed E-state index contributed by atoms with van der Waals surface area (Å²) in [5, 5.41) is 28.5. The molecule has 1 rings (SSSR count). The van der Waals surface area contributed by atoms with Crippen LogP contribution in [0.4, 0.5) is 0 Å². The van der Waals surface area contributed by atoms with Gasteiger partial charge in [0.1, 0.15) is 17.5 Å². The maximum Gasteiger partial charge on any atom is 0.306 e. The van der Waals surface area contributed by atoms with E-state index in [0.29, 0.717) is 10.2 Å². The molecule has 0 bridgehead atoms. The number of allylic oxidation sites excluding steroid dienone is 1. The number of carbonyl (C=O) groups is 1. The Bertz CT molecular complexity index is 376. The van der Waals surface area contributed by atoms with Gasteiger partial charge in [0.2, 0.25) is 0 Å². The second kappa shape index (κ2) is 4.87. The number of aliphatic hydroxyl groups excluding tert-OH is 1. The van der Waals surface area contributed by atoms with Crippen LogP contribution < -0.4 is 0 Å². The molecule has 0 aromatic heterocycles. The van der Waals surface area contributed by atoms with Crippen LogP contribution in [0.15, 0.2) is 20.8 Å². The van der Waals surface area contributed by atoms with E-state index < -0.39 is 24.1 Å². The highest BCUT2D eigenvalue weighted by Gasteiger charge is 2.42. The van der Waals surface area contributed by atoms with E-state index in [9.17, 15) is 15.0 Å². The van der Waals surface area contributed by atoms with Gasteiger partial charge in [-0.05, 0) is 37.9 Å². The molecule has 0 saturated heterocycles. The molecule has 3 N–H and O–H groups in total. The van der Waals surface area contributed by atoms with Crippen molar-refractivity contribution in [2.75, 3.05) is 7.11 Å². The van der Waals surface area contributed by atoms with Crippen LogP contribution in [-0.4, -0.2) is 40.1 Å². The number of rotatable bonds is 3. The van der Waals surface area contributed by atoms with Gasteiger partial charge in [-0.3, -0.25) is 4.79 Å². The van der Waals surface area contributed by atoms with E-state index in [4.69, 9.17) is 9.84 Å². The third kappa shape index (κ3) is 2.48. The minimum absolute atomic E-state index is 0.202. The van der Waals surface area contributed by atoms with Crippen molar-refractivity contribution < 1.29 is 24.9 Å². The molecule has 2 unspecified atom stereocenters. The van der Waals surface area contributed by atoms with Crippen LogP contribution >= 0.6 is 31.9 Å². The highest BCUT2D eigenvalue weighted by molar-refractivity contribution is 9.12. The Morgan fingerprint density at radius 2 is 2.19 bits per heavy atom. The molecule has 16 heavy (non-hydrogen) atoms. The Labute approximate surface area is 109 Å². The minimum atomic E-state index is -1.86. The quantitative estimate of drug-likeness (QED) is 0.704. The van der Waals surface area contributed by atoms with Crippen molar-refractivity contribution >= 4 is 37.8 Å². The molecular weight excluding hydrogens is 348 g/mol. The summed E-state index contributed by atoms with van der Waals surface area (Å²) in [6.45, 7) is 0. The summed E-state index contributed by atoms with van der Waals surface area (Å²) in [5.41, 5.74) is -1.86.